The van der Waals surface area contributed by atoms with Crippen molar-refractivity contribution in [1.82, 2.24) is 4.90 Å². The minimum absolute atomic E-state index is 0.518. The fourth-order valence-corrected chi connectivity index (χ4v) is 2.45. The molecule has 1 fully saturated rings. The first-order valence-corrected chi connectivity index (χ1v) is 6.13. The lowest BCUT2D eigenvalue weighted by Crippen LogP contribution is -2.23. The highest BCUT2D eigenvalue weighted by Gasteiger charge is 2.18. The van der Waals surface area contributed by atoms with Crippen LogP contribution in [-0.2, 0) is 0 Å². The van der Waals surface area contributed by atoms with Crippen molar-refractivity contribution in [3.63, 3.8) is 0 Å². The summed E-state index contributed by atoms with van der Waals surface area (Å²) in [6.07, 6.45) is 1.17. The molecule has 0 aromatic heterocycles. The van der Waals surface area contributed by atoms with Crippen molar-refractivity contribution in [2.75, 3.05) is 25.5 Å². The maximum Gasteiger partial charge on any atom is 0.100 e. The predicted molar refractivity (Wildman–Crippen MR) is 68.4 cm³/mol. The van der Waals surface area contributed by atoms with Gasteiger partial charge in [0.25, 0.3) is 0 Å². The minimum Gasteiger partial charge on any atom is -0.381 e. The number of rotatable bonds is 2. The van der Waals surface area contributed by atoms with Gasteiger partial charge in [0.15, 0.2) is 0 Å². The Morgan fingerprint density at radius 3 is 2.94 bits per heavy atom. The Hall–Kier alpha value is -1.05. The Morgan fingerprint density at radius 1 is 1.56 bits per heavy atom. The third kappa shape index (κ3) is 2.55. The topological polar surface area (TPSA) is 39.1 Å². The molecule has 3 nitrogen and oxygen atoms in total. The lowest BCUT2D eigenvalue weighted by Gasteiger charge is -2.14. The van der Waals surface area contributed by atoms with Gasteiger partial charge in [0.1, 0.15) is 6.07 Å². The molecule has 1 aliphatic heterocycles. The Kier molecular flexibility index (Phi) is 3.47. The maximum absolute atomic E-state index is 8.82. The van der Waals surface area contributed by atoms with Crippen molar-refractivity contribution in [2.24, 2.45) is 0 Å². The molecule has 1 unspecified atom stereocenters. The fourth-order valence-electron chi connectivity index (χ4n) is 1.98. The highest BCUT2D eigenvalue weighted by molar-refractivity contribution is 9.10. The Bertz CT molecular complexity index is 425. The summed E-state index contributed by atoms with van der Waals surface area (Å²) in [5.41, 5.74) is 1.75. The smallest absolute Gasteiger partial charge is 0.100 e. The van der Waals surface area contributed by atoms with Crippen molar-refractivity contribution in [3.8, 4) is 6.07 Å². The molecule has 1 atom stereocenters. The number of hydrogen-bond acceptors (Lipinski definition) is 3. The van der Waals surface area contributed by atoms with E-state index in [1.54, 1.807) is 0 Å². The predicted octanol–water partition coefficient (Wildman–Crippen LogP) is 2.44. The molecule has 4 heteroatoms. The number of nitriles is 1. The number of nitrogens with one attached hydrogen (secondary N) is 1. The second-order valence-corrected chi connectivity index (χ2v) is 5.05. The summed E-state index contributed by atoms with van der Waals surface area (Å²) in [4.78, 5) is 2.32. The average Bonchev–Trinajstić information content (AvgIpc) is 2.64. The molecule has 0 amide bonds. The van der Waals surface area contributed by atoms with Gasteiger partial charge in [0.05, 0.1) is 5.56 Å². The third-order valence-corrected chi connectivity index (χ3v) is 3.51. The van der Waals surface area contributed by atoms with E-state index in [0.29, 0.717) is 11.6 Å². The number of likely N-dealkylation sites (N-methyl/N-ethyl adjacent to an activating group) is 1. The Balaban J connectivity index is 2.05. The number of likely N-dealkylation sites (tertiary alicyclic amines) is 1. The molecule has 16 heavy (non-hydrogen) atoms. The summed E-state index contributed by atoms with van der Waals surface area (Å²) < 4.78 is 0.853. The molecular weight excluding hydrogens is 266 g/mol. The zero-order valence-electron chi connectivity index (χ0n) is 9.20. The van der Waals surface area contributed by atoms with Crippen LogP contribution in [-0.4, -0.2) is 31.1 Å². The lowest BCUT2D eigenvalue weighted by atomic mass is 10.2. The van der Waals surface area contributed by atoms with Crippen LogP contribution in [0.25, 0.3) is 0 Å². The van der Waals surface area contributed by atoms with Crippen LogP contribution in [0.4, 0.5) is 5.69 Å². The molecule has 0 bridgehead atoms. The van der Waals surface area contributed by atoms with Crippen LogP contribution < -0.4 is 5.32 Å². The molecule has 1 heterocycles. The van der Waals surface area contributed by atoms with Gasteiger partial charge in [-0.05, 0) is 54.1 Å². The SMILES string of the molecule is CN1CCC(Nc2ccc(C#N)c(Br)c2)C1. The molecule has 1 aromatic rings. The van der Waals surface area contributed by atoms with E-state index in [-0.39, 0.29) is 0 Å². The fraction of sp³-hybridized carbons (Fsp3) is 0.417. The first kappa shape index (κ1) is 11.4. The minimum atomic E-state index is 0.518. The van der Waals surface area contributed by atoms with E-state index in [2.05, 4.69) is 39.3 Å². The zero-order chi connectivity index (χ0) is 11.5. The highest BCUT2D eigenvalue weighted by Crippen LogP contribution is 2.22. The van der Waals surface area contributed by atoms with Crippen LogP contribution in [0.15, 0.2) is 22.7 Å². The summed E-state index contributed by atoms with van der Waals surface area (Å²) in [5, 5.41) is 12.3. The van der Waals surface area contributed by atoms with Gasteiger partial charge in [0, 0.05) is 22.7 Å². The Morgan fingerprint density at radius 2 is 2.38 bits per heavy atom. The van der Waals surface area contributed by atoms with E-state index >= 15 is 0 Å². The van der Waals surface area contributed by atoms with Crippen molar-refractivity contribution in [1.29, 1.82) is 5.26 Å². The monoisotopic (exact) mass is 279 g/mol. The van der Waals surface area contributed by atoms with Gasteiger partial charge in [-0.3, -0.25) is 0 Å². The van der Waals surface area contributed by atoms with Crippen molar-refractivity contribution in [2.45, 2.75) is 12.5 Å². The molecule has 2 rings (SSSR count). The second kappa shape index (κ2) is 4.86. The molecule has 1 aromatic carbocycles. The van der Waals surface area contributed by atoms with Gasteiger partial charge in [-0.15, -0.1) is 0 Å². The highest BCUT2D eigenvalue weighted by atomic mass is 79.9. The van der Waals surface area contributed by atoms with E-state index in [1.165, 1.54) is 6.42 Å². The standard InChI is InChI=1S/C12H14BrN3/c1-16-5-4-11(8-16)15-10-3-2-9(7-14)12(13)6-10/h2-3,6,11,15H,4-5,8H2,1H3. The van der Waals surface area contributed by atoms with Gasteiger partial charge in [-0.1, -0.05) is 0 Å². The maximum atomic E-state index is 8.82. The largest absolute Gasteiger partial charge is 0.381 e. The van der Waals surface area contributed by atoms with Gasteiger partial charge in [-0.25, -0.2) is 0 Å². The summed E-state index contributed by atoms with van der Waals surface area (Å²) in [6, 6.07) is 8.43. The number of halogens is 1. The number of anilines is 1. The molecule has 1 N–H and O–H groups in total. The van der Waals surface area contributed by atoms with Gasteiger partial charge in [-0.2, -0.15) is 5.26 Å². The van der Waals surface area contributed by atoms with Crippen LogP contribution in [0, 0.1) is 11.3 Å². The van der Waals surface area contributed by atoms with E-state index in [9.17, 15) is 0 Å². The average molecular weight is 280 g/mol. The van der Waals surface area contributed by atoms with Crippen LogP contribution in [0.3, 0.4) is 0 Å². The first-order valence-electron chi connectivity index (χ1n) is 5.34. The van der Waals surface area contributed by atoms with Crippen LogP contribution in [0.1, 0.15) is 12.0 Å². The first-order chi connectivity index (χ1) is 7.69. The normalized spacial score (nSPS) is 20.7. The quantitative estimate of drug-likeness (QED) is 0.904. The summed E-state index contributed by atoms with van der Waals surface area (Å²) in [6.45, 7) is 2.23. The van der Waals surface area contributed by atoms with E-state index in [0.717, 1.165) is 23.2 Å². The van der Waals surface area contributed by atoms with E-state index < -0.39 is 0 Å². The van der Waals surface area contributed by atoms with Crippen molar-refractivity contribution < 1.29 is 0 Å². The van der Waals surface area contributed by atoms with Gasteiger partial charge >= 0.3 is 0 Å². The second-order valence-electron chi connectivity index (χ2n) is 4.20. The third-order valence-electron chi connectivity index (χ3n) is 2.85. The summed E-state index contributed by atoms with van der Waals surface area (Å²) in [5.74, 6) is 0. The number of nitrogens with zero attached hydrogens (tertiary/aromatic N) is 2. The number of hydrogen-bond donors (Lipinski definition) is 1. The van der Waals surface area contributed by atoms with E-state index in [1.807, 2.05) is 18.2 Å². The van der Waals surface area contributed by atoms with Crippen molar-refractivity contribution >= 4 is 21.6 Å². The molecule has 0 spiro atoms. The summed E-state index contributed by atoms with van der Waals surface area (Å²) in [7, 11) is 2.14. The number of benzene rings is 1. The molecular formula is C12H14BrN3. The Labute approximate surface area is 104 Å². The molecule has 1 aliphatic rings. The molecule has 0 aliphatic carbocycles. The lowest BCUT2D eigenvalue weighted by molar-refractivity contribution is 0.414. The summed E-state index contributed by atoms with van der Waals surface area (Å²) >= 11 is 3.40. The van der Waals surface area contributed by atoms with Gasteiger partial charge in [0.2, 0.25) is 0 Å². The van der Waals surface area contributed by atoms with Crippen LogP contribution in [0.5, 0.6) is 0 Å². The zero-order valence-corrected chi connectivity index (χ0v) is 10.8. The molecule has 1 saturated heterocycles. The van der Waals surface area contributed by atoms with Crippen molar-refractivity contribution in [3.05, 3.63) is 28.2 Å². The molecule has 0 saturated carbocycles. The molecule has 0 radical (unpaired) electrons. The molecule has 84 valence electrons. The van der Waals surface area contributed by atoms with Crippen LogP contribution in [0.2, 0.25) is 0 Å². The van der Waals surface area contributed by atoms with E-state index in [4.69, 9.17) is 5.26 Å². The van der Waals surface area contributed by atoms with Crippen LogP contribution >= 0.6 is 15.9 Å². The van der Waals surface area contributed by atoms with Gasteiger partial charge < -0.3 is 10.2 Å².